The molecule has 2 fully saturated rings. The van der Waals surface area contributed by atoms with E-state index in [1.165, 1.54) is 33.4 Å². The van der Waals surface area contributed by atoms with Crippen LogP contribution in [0.2, 0.25) is 0 Å². The second kappa shape index (κ2) is 49.4. The molecular formula is C92H116N24O18S. The summed E-state index contributed by atoms with van der Waals surface area (Å²) in [6.07, 6.45) is 3.77. The summed E-state index contributed by atoms with van der Waals surface area (Å²) in [7, 11) is 1.26. The molecule has 2 aliphatic rings. The number of nitrogens with zero attached hydrogens (tertiary/aromatic N) is 3. The van der Waals surface area contributed by atoms with Crippen LogP contribution < -0.4 is 91.6 Å². The van der Waals surface area contributed by atoms with Crippen molar-refractivity contribution in [3.63, 3.8) is 0 Å². The molecule has 0 unspecified atom stereocenters. The number of nitrogens with one attached hydrogen (secondary N) is 18. The monoisotopic (exact) mass is 1880 g/mol. The lowest BCUT2D eigenvalue weighted by atomic mass is 9.99. The number of benzene rings is 5. The van der Waals surface area contributed by atoms with Gasteiger partial charge in [0.1, 0.15) is 78.5 Å². The summed E-state index contributed by atoms with van der Waals surface area (Å²) >= 11 is 0.770. The van der Waals surface area contributed by atoms with Gasteiger partial charge in [0.25, 0.3) is 0 Å². The maximum absolute atomic E-state index is 15.6. The summed E-state index contributed by atoms with van der Waals surface area (Å²) in [6.45, 7) is 3.30. The number of para-hydroxylation sites is 2. The Morgan fingerprint density at radius 2 is 1.04 bits per heavy atom. The number of hydrogen-bond acceptors (Lipinski definition) is 21. The first-order valence-electron chi connectivity index (χ1n) is 44.1. The van der Waals surface area contributed by atoms with Crippen LogP contribution in [0.5, 0.6) is 0 Å². The van der Waals surface area contributed by atoms with Crippen LogP contribution >= 0.6 is 11.8 Å². The van der Waals surface area contributed by atoms with Gasteiger partial charge in [0.05, 0.1) is 38.2 Å². The quantitative estimate of drug-likeness (QED) is 0.0177. The van der Waals surface area contributed by atoms with Crippen molar-refractivity contribution in [2.45, 2.75) is 177 Å². The molecule has 0 spiro atoms. The van der Waals surface area contributed by atoms with Crippen LogP contribution in [0.3, 0.4) is 0 Å². The van der Waals surface area contributed by atoms with E-state index in [0.717, 1.165) is 32.7 Å². The van der Waals surface area contributed by atoms with Crippen molar-refractivity contribution in [3.8, 4) is 11.1 Å². The molecule has 42 nitrogen and oxygen atoms in total. The van der Waals surface area contributed by atoms with Gasteiger partial charge in [-0.1, -0.05) is 135 Å². The zero-order valence-electron chi connectivity index (χ0n) is 75.2. The number of nitrogens with two attached hydrogens (primary N) is 3. The van der Waals surface area contributed by atoms with Gasteiger partial charge >= 0.3 is 0 Å². The second-order valence-electron chi connectivity index (χ2n) is 33.5. The molecule has 13 atom stereocenters. The average molecular weight is 1880 g/mol. The third-order valence-corrected chi connectivity index (χ3v) is 23.9. The largest absolute Gasteiger partial charge is 0.394 e. The number of fused-ring (bicyclic) bond motifs is 3. The minimum atomic E-state index is -1.89. The van der Waals surface area contributed by atoms with Gasteiger partial charge < -0.3 is 121 Å². The van der Waals surface area contributed by atoms with Crippen molar-refractivity contribution in [2.75, 3.05) is 51.3 Å². The fourth-order valence-corrected chi connectivity index (χ4v) is 16.4. The normalized spacial score (nSPS) is 22.9. The third-order valence-electron chi connectivity index (χ3n) is 22.8. The van der Waals surface area contributed by atoms with Crippen LogP contribution in [0, 0.1) is 11.3 Å². The number of H-pyrrole nitrogens is 3. The highest BCUT2D eigenvalue weighted by Gasteiger charge is 2.43. The molecule has 718 valence electrons. The van der Waals surface area contributed by atoms with Gasteiger partial charge in [0.2, 0.25) is 100 Å². The van der Waals surface area contributed by atoms with E-state index in [1.807, 2.05) is 30.3 Å². The van der Waals surface area contributed by atoms with Gasteiger partial charge in [-0.05, 0) is 97.4 Å². The minimum absolute atomic E-state index is 0.00682. The molecule has 43 heteroatoms. The summed E-state index contributed by atoms with van der Waals surface area (Å²) < 4.78 is 0. The maximum atomic E-state index is 15.6. The molecule has 3 aromatic heterocycles. The highest BCUT2D eigenvalue weighted by atomic mass is 32.2. The fraction of sp³-hybridized carbons (Fsp3) is 0.402. The topological polar surface area (TPSA) is 647 Å². The molecule has 135 heavy (non-hydrogen) atoms. The lowest BCUT2D eigenvalue weighted by Gasteiger charge is -2.31. The lowest BCUT2D eigenvalue weighted by molar-refractivity contribution is -0.143. The number of imidazole rings is 1. The van der Waals surface area contributed by atoms with Crippen molar-refractivity contribution < 1.29 is 86.6 Å². The van der Waals surface area contributed by atoms with E-state index in [2.05, 4.69) is 94.4 Å². The predicted octanol–water partition coefficient (Wildman–Crippen LogP) is -2.62. The summed E-state index contributed by atoms with van der Waals surface area (Å²) in [5.41, 5.74) is 22.0. The molecule has 0 radical (unpaired) electrons. The lowest BCUT2D eigenvalue weighted by Crippen LogP contribution is -2.61. The SMILES string of the molecule is CC(C)C[C@@H]1NC(=O)[C@H](Cc2cnc[nH]2)NC(=O)[C@@H]2CCCN2C(=O)[C@H](CC(N)=O)NC(=O)[C@H](C)NC(=O)[C@H](Cc2ccccc2)NC(=O)CSC[C@@H](C(=O)NCC(N)=O)NC(=O)[C@H](CCCNC(=N)N)NC(=O)[C@H](C)N(C)C(=O)[C@H](Cc2ccc(-c3ccccc3)cc2)NC(=O)[C@H](Cc2c[nH]c3ccccc23)NC(=O)[C@H](CO)NC(=O)[C@H](Cc2c[nH]c3ccccc23)NC(=O)CNC1=O. The van der Waals surface area contributed by atoms with Crippen molar-refractivity contribution in [2.24, 2.45) is 23.1 Å². The number of thioether (sulfide) groups is 1. The number of aliphatic hydroxyl groups is 1. The Bertz CT molecular complexity index is 5570. The van der Waals surface area contributed by atoms with Crippen LogP contribution in [-0.4, -0.2) is 271 Å². The second-order valence-corrected chi connectivity index (χ2v) is 34.6. The molecule has 2 aliphatic heterocycles. The van der Waals surface area contributed by atoms with Crippen LogP contribution in [-0.2, 0) is 114 Å². The molecule has 5 aromatic carbocycles. The van der Waals surface area contributed by atoms with E-state index in [9.17, 15) is 67.4 Å². The van der Waals surface area contributed by atoms with Gasteiger partial charge in [-0.2, -0.15) is 0 Å². The zero-order chi connectivity index (χ0) is 97.5. The Balaban J connectivity index is 0.994. The van der Waals surface area contributed by atoms with E-state index in [1.54, 1.807) is 129 Å². The number of carbonyl (C=O) groups excluding carboxylic acids is 17. The van der Waals surface area contributed by atoms with Crippen LogP contribution in [0.1, 0.15) is 94.2 Å². The summed E-state index contributed by atoms with van der Waals surface area (Å²) in [6, 6.07) is 18.4. The maximum Gasteiger partial charge on any atom is 0.246 e. The van der Waals surface area contributed by atoms with E-state index in [4.69, 9.17) is 22.6 Å². The zero-order valence-corrected chi connectivity index (χ0v) is 76.0. The van der Waals surface area contributed by atoms with Gasteiger partial charge in [-0.25, -0.2) is 4.98 Å². The molecule has 10 rings (SSSR count). The third kappa shape index (κ3) is 30.0. The van der Waals surface area contributed by atoms with E-state index in [-0.39, 0.29) is 83.2 Å². The summed E-state index contributed by atoms with van der Waals surface area (Å²) in [5, 5.41) is 56.7. The van der Waals surface area contributed by atoms with E-state index in [0.29, 0.717) is 49.8 Å². The number of hydrogen-bond donors (Lipinski definition) is 22. The molecular weight excluding hydrogens is 1760 g/mol. The van der Waals surface area contributed by atoms with Crippen LogP contribution in [0.15, 0.2) is 158 Å². The first-order valence-corrected chi connectivity index (χ1v) is 45.3. The molecule has 5 heterocycles. The molecule has 17 amide bonds. The Kier molecular flexibility index (Phi) is 37.4. The number of amides is 17. The Hall–Kier alpha value is -15.0. The minimum Gasteiger partial charge on any atom is -0.394 e. The van der Waals surface area contributed by atoms with Crippen LogP contribution in [0.4, 0.5) is 0 Å². The highest BCUT2D eigenvalue weighted by molar-refractivity contribution is 8.00. The number of guanidine groups is 1. The Labute approximate surface area is 781 Å². The number of aliphatic hydroxyl groups excluding tert-OH is 1. The van der Waals surface area contributed by atoms with Gasteiger partial charge in [0.15, 0.2) is 5.96 Å². The predicted molar refractivity (Wildman–Crippen MR) is 498 cm³/mol. The highest BCUT2D eigenvalue weighted by Crippen LogP contribution is 2.26. The molecule has 8 aromatic rings. The van der Waals surface area contributed by atoms with Crippen molar-refractivity contribution in [3.05, 3.63) is 186 Å². The molecule has 0 saturated carbocycles. The summed E-state index contributed by atoms with van der Waals surface area (Å²) in [5.74, 6) is -18.1. The van der Waals surface area contributed by atoms with Crippen molar-refractivity contribution >= 4 is 140 Å². The van der Waals surface area contributed by atoms with Crippen molar-refractivity contribution in [1.29, 1.82) is 5.41 Å². The first kappa shape index (κ1) is 102. The van der Waals surface area contributed by atoms with Gasteiger partial charge in [0, 0.05) is 104 Å². The van der Waals surface area contributed by atoms with Crippen LogP contribution in [0.25, 0.3) is 32.9 Å². The Morgan fingerprint density at radius 3 is 1.64 bits per heavy atom. The number of primary amides is 2. The van der Waals surface area contributed by atoms with Gasteiger partial charge in [-0.3, -0.25) is 86.9 Å². The van der Waals surface area contributed by atoms with E-state index >= 15 is 19.2 Å². The first-order chi connectivity index (χ1) is 64.6. The number of aromatic amines is 3. The molecule has 25 N–H and O–H groups in total. The number of aromatic nitrogens is 4. The van der Waals surface area contributed by atoms with Gasteiger partial charge in [-0.15, -0.1) is 11.8 Å². The number of rotatable bonds is 23. The molecule has 2 saturated heterocycles. The molecule has 0 aliphatic carbocycles. The fourth-order valence-electron chi connectivity index (χ4n) is 15.6. The Morgan fingerprint density at radius 1 is 0.519 bits per heavy atom. The van der Waals surface area contributed by atoms with Crippen molar-refractivity contribution in [1.82, 2.24) is 104 Å². The number of likely N-dealkylation sites (N-methyl/N-ethyl adjacent to an activating group) is 1. The number of carbonyl (C=O) groups is 17. The molecule has 0 bridgehead atoms. The standard InChI is InChI=1S/C92H116N24O18S/c1-50(2)34-65-81(124)102-45-77(120)105-67(37-57-41-99-62-24-14-12-22-60(57)62)85(128)113-72(46-117)88(131)109-68(38-58-42-100-63-25-15-13-23-61(58)63)86(129)112-70(36-54-28-30-56(31-29-54)55-20-10-7-11-21-55)90(133)115(5)52(4)80(123)107-64(26-16-32-98-92(95)96)83(126)114-73(82(125)101-44-76(94)119)47-135-48-78(121)106-66(35-53-18-8-6-9-19-53)84(127)104-51(3)79(122)111-71(40-75(93)118)91(134)116-33-17-27-74(116)89(132)110-69(87(130)108-65)39-59-43-97-49-103-59/h6-15,18-25,28-31,41-43,49-52,64-74,99-100,117H,16-17,26-27,32-40,44-48H2,1-5H3,(H2,93,118)(H2,94,119)(H,97,103)(H,101,125)(H,102,124)(H,104,127)(H,105,120)(H,106,121)(H,107,123)(H,108,130)(H,109,131)(H,110,132)(H,111,122)(H,112,129)(H,113,128)(H,114,126)(H4,95,96,98)/t51-,52-,64-,65-,66-,67-,68-,69-,70-,71-,72-,73-,74-/m0/s1. The average Bonchev–Trinajstić information content (AvgIpc) is 1.78. The smallest absolute Gasteiger partial charge is 0.246 e. The van der Waals surface area contributed by atoms with E-state index < -0.39 is 223 Å². The summed E-state index contributed by atoms with van der Waals surface area (Å²) in [4.78, 5) is 261.